The molecule has 0 bridgehead atoms. The van der Waals surface area contributed by atoms with Crippen molar-refractivity contribution in [3.63, 3.8) is 0 Å². The van der Waals surface area contributed by atoms with Crippen LogP contribution in [0.1, 0.15) is 41.2 Å². The number of benzene rings is 2. The first-order valence-corrected chi connectivity index (χ1v) is 9.98. The van der Waals surface area contributed by atoms with Gasteiger partial charge in [0.1, 0.15) is 12.4 Å². The average Bonchev–Trinajstić information content (AvgIpc) is 3.27. The van der Waals surface area contributed by atoms with Gasteiger partial charge in [0.25, 0.3) is 0 Å². The lowest BCUT2D eigenvalue weighted by atomic mass is 9.93. The quantitative estimate of drug-likeness (QED) is 0.513. The molecule has 4 nitrogen and oxygen atoms in total. The van der Waals surface area contributed by atoms with Crippen molar-refractivity contribution in [2.45, 2.75) is 43.4 Å². The molecule has 0 spiro atoms. The molecule has 0 aliphatic carbocycles. The van der Waals surface area contributed by atoms with E-state index in [0.717, 1.165) is 0 Å². The Morgan fingerprint density at radius 1 is 1.00 bits per heavy atom. The second-order valence-electron chi connectivity index (χ2n) is 8.04. The highest BCUT2D eigenvalue weighted by atomic mass is 19.4. The molecule has 1 amide bonds. The Morgan fingerprint density at radius 2 is 1.58 bits per heavy atom. The third-order valence-electron chi connectivity index (χ3n) is 5.92. The summed E-state index contributed by atoms with van der Waals surface area (Å²) in [7, 11) is 0. The first kappa shape index (κ1) is 23.3. The summed E-state index contributed by atoms with van der Waals surface area (Å²) in [6, 6.07) is 6.16. The van der Waals surface area contributed by atoms with Gasteiger partial charge >= 0.3 is 18.4 Å². The van der Waals surface area contributed by atoms with Gasteiger partial charge in [0.2, 0.25) is 0 Å². The molecule has 2 fully saturated rings. The number of rotatable bonds is 4. The highest BCUT2D eigenvalue weighted by Crippen LogP contribution is 2.42. The molecule has 0 radical (unpaired) electrons. The number of fused-ring (bicyclic) bond motifs is 1. The summed E-state index contributed by atoms with van der Waals surface area (Å²) in [5.41, 5.74) is -2.56. The average molecular weight is 477 g/mol. The zero-order chi connectivity index (χ0) is 24.1. The van der Waals surface area contributed by atoms with Gasteiger partial charge in [-0.1, -0.05) is 12.1 Å². The molecule has 0 unspecified atom stereocenters. The molecule has 4 atom stereocenters. The van der Waals surface area contributed by atoms with E-state index in [9.17, 15) is 35.5 Å². The van der Waals surface area contributed by atoms with Crippen molar-refractivity contribution >= 4 is 6.09 Å². The summed E-state index contributed by atoms with van der Waals surface area (Å²) >= 11 is 0. The minimum atomic E-state index is -4.98. The molecule has 33 heavy (non-hydrogen) atoms. The molecule has 0 saturated carbocycles. The number of ether oxygens (including phenoxy) is 2. The zero-order valence-corrected chi connectivity index (χ0v) is 17.1. The fraction of sp³-hybridized carbons (Fsp3) is 0.409. The maximum atomic E-state index is 13.4. The van der Waals surface area contributed by atoms with E-state index in [1.807, 2.05) is 0 Å². The highest BCUT2D eigenvalue weighted by molar-refractivity contribution is 5.71. The predicted octanol–water partition coefficient (Wildman–Crippen LogP) is 5.93. The monoisotopic (exact) mass is 477 g/mol. The molecule has 0 aromatic heterocycles. The smallest absolute Gasteiger partial charge is 0.416 e. The Labute approximate surface area is 183 Å². The first-order valence-electron chi connectivity index (χ1n) is 9.98. The van der Waals surface area contributed by atoms with Crippen LogP contribution >= 0.6 is 0 Å². The standard InChI is InChI=1S/C22H18F7NO3/c1-11(13-6-14(21(24,25)26)8-15(7-13)22(27,28)29)33-19-17(12-2-4-16(23)5-3-12)9-30-18(19)10-32-20(30)31/h2-8,11,17-19H,9-10H2,1H3/t11-,17-,18-,19-/m1/s1. The predicted molar refractivity (Wildman–Crippen MR) is 101 cm³/mol. The molecule has 2 aromatic rings. The van der Waals surface area contributed by atoms with Crippen LogP contribution in [0.2, 0.25) is 0 Å². The van der Waals surface area contributed by atoms with Gasteiger partial charge in [0.05, 0.1) is 29.4 Å². The Bertz CT molecular complexity index is 1000. The number of carbonyl (C=O) groups is 1. The Kier molecular flexibility index (Phi) is 5.80. The van der Waals surface area contributed by atoms with Crippen LogP contribution in [0.15, 0.2) is 42.5 Å². The van der Waals surface area contributed by atoms with Gasteiger partial charge in [0.15, 0.2) is 0 Å². The van der Waals surface area contributed by atoms with E-state index >= 15 is 0 Å². The van der Waals surface area contributed by atoms with Crippen molar-refractivity contribution in [3.05, 3.63) is 70.5 Å². The number of cyclic esters (lactones) is 1. The van der Waals surface area contributed by atoms with E-state index in [1.54, 1.807) is 0 Å². The molecule has 178 valence electrons. The largest absolute Gasteiger partial charge is 0.447 e. The van der Waals surface area contributed by atoms with Gasteiger partial charge in [-0.05, 0) is 48.4 Å². The van der Waals surface area contributed by atoms with Crippen LogP contribution in [0.4, 0.5) is 35.5 Å². The van der Waals surface area contributed by atoms with Crippen LogP contribution < -0.4 is 0 Å². The maximum absolute atomic E-state index is 13.4. The molecule has 2 aliphatic rings. The van der Waals surface area contributed by atoms with E-state index in [-0.39, 0.29) is 24.8 Å². The van der Waals surface area contributed by atoms with E-state index in [4.69, 9.17) is 9.47 Å². The van der Waals surface area contributed by atoms with Crippen molar-refractivity contribution in [3.8, 4) is 0 Å². The summed E-state index contributed by atoms with van der Waals surface area (Å²) < 4.78 is 104. The van der Waals surface area contributed by atoms with E-state index in [1.165, 1.54) is 36.1 Å². The Hall–Kier alpha value is -2.82. The van der Waals surface area contributed by atoms with Crippen LogP contribution in [-0.4, -0.2) is 36.3 Å². The molecule has 2 saturated heterocycles. The topological polar surface area (TPSA) is 38.8 Å². The van der Waals surface area contributed by atoms with Crippen molar-refractivity contribution in [2.24, 2.45) is 0 Å². The molecule has 2 aliphatic heterocycles. The van der Waals surface area contributed by atoms with Crippen LogP contribution in [0.25, 0.3) is 0 Å². The molecule has 0 N–H and O–H groups in total. The number of hydrogen-bond donors (Lipinski definition) is 0. The van der Waals surface area contributed by atoms with Crippen LogP contribution in [0.3, 0.4) is 0 Å². The Balaban J connectivity index is 1.67. The van der Waals surface area contributed by atoms with Gasteiger partial charge in [-0.15, -0.1) is 0 Å². The van der Waals surface area contributed by atoms with E-state index in [2.05, 4.69) is 0 Å². The van der Waals surface area contributed by atoms with Gasteiger partial charge in [-0.2, -0.15) is 26.3 Å². The van der Waals surface area contributed by atoms with Crippen LogP contribution in [0.5, 0.6) is 0 Å². The zero-order valence-electron chi connectivity index (χ0n) is 17.1. The number of alkyl halides is 6. The lowest BCUT2D eigenvalue weighted by Gasteiger charge is -2.27. The molecule has 2 heterocycles. The second-order valence-corrected chi connectivity index (χ2v) is 8.04. The highest BCUT2D eigenvalue weighted by Gasteiger charge is 2.51. The van der Waals surface area contributed by atoms with E-state index < -0.39 is 59.6 Å². The third-order valence-corrected chi connectivity index (χ3v) is 5.92. The van der Waals surface area contributed by atoms with Gasteiger partial charge in [-0.25, -0.2) is 9.18 Å². The maximum Gasteiger partial charge on any atom is 0.416 e. The number of carbonyl (C=O) groups excluding carboxylic acids is 1. The van der Waals surface area contributed by atoms with Crippen LogP contribution in [0, 0.1) is 5.82 Å². The molecule has 2 aromatic carbocycles. The van der Waals surface area contributed by atoms with Gasteiger partial charge in [-0.3, -0.25) is 4.90 Å². The molecule has 11 heteroatoms. The van der Waals surface area contributed by atoms with Gasteiger partial charge in [0, 0.05) is 12.5 Å². The SMILES string of the molecule is C[C@@H](O[C@@H]1[C@@H](c2ccc(F)cc2)CN2C(=O)OC[C@H]12)c1cc(C(F)(F)F)cc(C(F)(F)F)c1. The third kappa shape index (κ3) is 4.64. The fourth-order valence-corrected chi connectivity index (χ4v) is 4.25. The number of halogens is 7. The summed E-state index contributed by atoms with van der Waals surface area (Å²) in [6.07, 6.45) is -12.5. The molecule has 4 rings (SSSR count). The minimum absolute atomic E-state index is 0.0374. The van der Waals surface area contributed by atoms with Crippen molar-refractivity contribution < 1.29 is 45.0 Å². The lowest BCUT2D eigenvalue weighted by molar-refractivity contribution is -0.143. The Morgan fingerprint density at radius 3 is 2.12 bits per heavy atom. The summed E-state index contributed by atoms with van der Waals surface area (Å²) in [5, 5.41) is 0. The van der Waals surface area contributed by atoms with Crippen LogP contribution in [-0.2, 0) is 21.8 Å². The number of nitrogens with zero attached hydrogens (tertiary/aromatic N) is 1. The van der Waals surface area contributed by atoms with Gasteiger partial charge < -0.3 is 9.47 Å². The summed E-state index contributed by atoms with van der Waals surface area (Å²) in [4.78, 5) is 13.4. The normalized spacial score (nSPS) is 24.1. The van der Waals surface area contributed by atoms with E-state index in [0.29, 0.717) is 17.7 Å². The summed E-state index contributed by atoms with van der Waals surface area (Å²) in [5.74, 6) is -0.954. The lowest BCUT2D eigenvalue weighted by Crippen LogP contribution is -2.35. The first-order chi connectivity index (χ1) is 15.3. The minimum Gasteiger partial charge on any atom is -0.447 e. The number of amides is 1. The fourth-order valence-electron chi connectivity index (χ4n) is 4.25. The molecular formula is C22H18F7NO3. The molecular weight excluding hydrogens is 459 g/mol. The summed E-state index contributed by atoms with van der Waals surface area (Å²) in [6.45, 7) is 1.46. The number of hydrogen-bond acceptors (Lipinski definition) is 3. The van der Waals surface area contributed by atoms with Crippen molar-refractivity contribution in [1.29, 1.82) is 0 Å². The second kappa shape index (κ2) is 8.19. The van der Waals surface area contributed by atoms with Crippen molar-refractivity contribution in [1.82, 2.24) is 4.90 Å². The van der Waals surface area contributed by atoms with Crippen molar-refractivity contribution in [2.75, 3.05) is 13.2 Å².